The molecule has 0 amide bonds. The van der Waals surface area contributed by atoms with Crippen molar-refractivity contribution in [3.8, 4) is 16.3 Å². The maximum atomic E-state index is 6.07. The Balaban J connectivity index is 2.09. The maximum Gasteiger partial charge on any atom is 0.126 e. The number of benzene rings is 1. The number of hydrogen-bond acceptors (Lipinski definition) is 3. The molecule has 0 radical (unpaired) electrons. The maximum absolute atomic E-state index is 6.07. The van der Waals surface area contributed by atoms with Gasteiger partial charge in [-0.05, 0) is 48.6 Å². The Bertz CT molecular complexity index is 691. The van der Waals surface area contributed by atoms with E-state index in [9.17, 15) is 0 Å². The molecule has 2 heterocycles. The Morgan fingerprint density at radius 2 is 1.89 bits per heavy atom. The fourth-order valence-electron chi connectivity index (χ4n) is 2.21. The largest absolute Gasteiger partial charge is 0.396 e. The Kier molecular flexibility index (Phi) is 2.87. The van der Waals surface area contributed by atoms with E-state index in [0.717, 1.165) is 16.3 Å². The number of thiophene rings is 1. The first-order chi connectivity index (χ1) is 9.13. The summed E-state index contributed by atoms with van der Waals surface area (Å²) in [4.78, 5) is 1.10. The molecule has 96 valence electrons. The lowest BCUT2D eigenvalue weighted by Gasteiger charge is -2.04. The SMILES string of the molecule is Cc1cc(C)cc(-n2cc(N)c(-c3cccs3)n2)c1. The normalized spacial score (nSPS) is 10.8. The number of aromatic nitrogens is 2. The van der Waals surface area contributed by atoms with Crippen molar-refractivity contribution in [2.24, 2.45) is 0 Å². The summed E-state index contributed by atoms with van der Waals surface area (Å²) in [6, 6.07) is 10.4. The predicted octanol–water partition coefficient (Wildman–Crippen LogP) is 3.80. The van der Waals surface area contributed by atoms with E-state index in [1.807, 2.05) is 28.4 Å². The zero-order valence-electron chi connectivity index (χ0n) is 10.9. The molecular weight excluding hydrogens is 254 g/mol. The molecule has 3 rings (SSSR count). The van der Waals surface area contributed by atoms with E-state index in [-0.39, 0.29) is 0 Å². The van der Waals surface area contributed by atoms with Gasteiger partial charge in [0.2, 0.25) is 0 Å². The third-order valence-corrected chi connectivity index (χ3v) is 3.84. The molecule has 1 aromatic carbocycles. The van der Waals surface area contributed by atoms with Gasteiger partial charge in [0, 0.05) is 0 Å². The van der Waals surface area contributed by atoms with E-state index in [1.165, 1.54) is 11.1 Å². The van der Waals surface area contributed by atoms with Crippen molar-refractivity contribution in [3.63, 3.8) is 0 Å². The highest BCUT2D eigenvalue weighted by atomic mass is 32.1. The smallest absolute Gasteiger partial charge is 0.126 e. The molecule has 3 aromatic rings. The highest BCUT2D eigenvalue weighted by Gasteiger charge is 2.10. The predicted molar refractivity (Wildman–Crippen MR) is 80.8 cm³/mol. The molecule has 0 bridgehead atoms. The van der Waals surface area contributed by atoms with Crippen molar-refractivity contribution in [2.75, 3.05) is 5.73 Å². The van der Waals surface area contributed by atoms with Gasteiger partial charge in [-0.1, -0.05) is 12.1 Å². The second kappa shape index (κ2) is 4.55. The van der Waals surface area contributed by atoms with Crippen molar-refractivity contribution < 1.29 is 0 Å². The topological polar surface area (TPSA) is 43.8 Å². The molecule has 2 N–H and O–H groups in total. The van der Waals surface area contributed by atoms with Gasteiger partial charge in [-0.2, -0.15) is 5.10 Å². The monoisotopic (exact) mass is 269 g/mol. The fraction of sp³-hybridized carbons (Fsp3) is 0.133. The van der Waals surface area contributed by atoms with Crippen LogP contribution in [0.5, 0.6) is 0 Å². The van der Waals surface area contributed by atoms with Gasteiger partial charge < -0.3 is 5.73 Å². The van der Waals surface area contributed by atoms with Gasteiger partial charge >= 0.3 is 0 Å². The van der Waals surface area contributed by atoms with Crippen LogP contribution in [0, 0.1) is 13.8 Å². The molecule has 19 heavy (non-hydrogen) atoms. The van der Waals surface area contributed by atoms with Gasteiger partial charge in [-0.15, -0.1) is 11.3 Å². The first kappa shape index (κ1) is 12.0. The van der Waals surface area contributed by atoms with Crippen LogP contribution < -0.4 is 5.73 Å². The molecule has 0 aliphatic rings. The summed E-state index contributed by atoms with van der Waals surface area (Å²) in [6.45, 7) is 4.17. The molecular formula is C15H15N3S. The van der Waals surface area contributed by atoms with Crippen molar-refractivity contribution in [1.82, 2.24) is 9.78 Å². The molecule has 0 fully saturated rings. The van der Waals surface area contributed by atoms with Crippen LogP contribution in [0.1, 0.15) is 11.1 Å². The Morgan fingerprint density at radius 3 is 2.53 bits per heavy atom. The van der Waals surface area contributed by atoms with Crippen LogP contribution in [-0.2, 0) is 0 Å². The molecule has 0 unspecified atom stereocenters. The second-order valence-electron chi connectivity index (χ2n) is 4.70. The molecule has 0 saturated carbocycles. The average molecular weight is 269 g/mol. The van der Waals surface area contributed by atoms with Crippen molar-refractivity contribution in [2.45, 2.75) is 13.8 Å². The number of hydrogen-bond donors (Lipinski definition) is 1. The minimum absolute atomic E-state index is 0.710. The van der Waals surface area contributed by atoms with Gasteiger partial charge in [0.05, 0.1) is 22.4 Å². The van der Waals surface area contributed by atoms with Crippen LogP contribution in [0.15, 0.2) is 41.9 Å². The molecule has 0 aliphatic carbocycles. The average Bonchev–Trinajstić information content (AvgIpc) is 2.96. The van der Waals surface area contributed by atoms with E-state index in [0.29, 0.717) is 5.69 Å². The lowest BCUT2D eigenvalue weighted by molar-refractivity contribution is 0.882. The van der Waals surface area contributed by atoms with Gasteiger partial charge in [0.1, 0.15) is 5.69 Å². The summed E-state index contributed by atoms with van der Waals surface area (Å²) in [7, 11) is 0. The van der Waals surface area contributed by atoms with E-state index in [1.54, 1.807) is 11.3 Å². The lowest BCUT2D eigenvalue weighted by atomic mass is 10.1. The second-order valence-corrected chi connectivity index (χ2v) is 5.65. The molecule has 0 aliphatic heterocycles. The summed E-state index contributed by atoms with van der Waals surface area (Å²) in [5.74, 6) is 0. The Hall–Kier alpha value is -2.07. The van der Waals surface area contributed by atoms with Crippen molar-refractivity contribution >= 4 is 17.0 Å². The number of anilines is 1. The number of rotatable bonds is 2. The number of nitrogen functional groups attached to an aromatic ring is 1. The zero-order chi connectivity index (χ0) is 13.4. The van der Waals surface area contributed by atoms with Crippen LogP contribution >= 0.6 is 11.3 Å². The van der Waals surface area contributed by atoms with Crippen molar-refractivity contribution in [1.29, 1.82) is 0 Å². The first-order valence-electron chi connectivity index (χ1n) is 6.11. The summed E-state index contributed by atoms with van der Waals surface area (Å²) in [6.07, 6.45) is 1.88. The Labute approximate surface area is 116 Å². The highest BCUT2D eigenvalue weighted by molar-refractivity contribution is 7.13. The first-order valence-corrected chi connectivity index (χ1v) is 6.99. The van der Waals surface area contributed by atoms with E-state index < -0.39 is 0 Å². The van der Waals surface area contributed by atoms with Crippen LogP contribution in [0.4, 0.5) is 5.69 Å². The Morgan fingerprint density at radius 1 is 1.16 bits per heavy atom. The lowest BCUT2D eigenvalue weighted by Crippen LogP contribution is -1.96. The highest BCUT2D eigenvalue weighted by Crippen LogP contribution is 2.29. The molecule has 4 heteroatoms. The van der Waals surface area contributed by atoms with Gasteiger partial charge in [-0.25, -0.2) is 4.68 Å². The van der Waals surface area contributed by atoms with Gasteiger partial charge in [-0.3, -0.25) is 0 Å². The summed E-state index contributed by atoms with van der Waals surface area (Å²) < 4.78 is 1.85. The standard InChI is InChI=1S/C15H15N3S/c1-10-6-11(2)8-12(7-10)18-9-13(16)15(17-18)14-4-3-5-19-14/h3-9H,16H2,1-2H3. The molecule has 0 spiro atoms. The van der Waals surface area contributed by atoms with Crippen LogP contribution in [0.3, 0.4) is 0 Å². The van der Waals surface area contributed by atoms with E-state index >= 15 is 0 Å². The molecule has 0 atom stereocenters. The summed E-state index contributed by atoms with van der Waals surface area (Å²) >= 11 is 1.65. The van der Waals surface area contributed by atoms with E-state index in [2.05, 4.69) is 37.1 Å². The summed E-state index contributed by atoms with van der Waals surface area (Å²) in [5.41, 5.74) is 11.1. The number of aryl methyl sites for hydroxylation is 2. The van der Waals surface area contributed by atoms with Crippen LogP contribution in [-0.4, -0.2) is 9.78 Å². The van der Waals surface area contributed by atoms with Crippen LogP contribution in [0.2, 0.25) is 0 Å². The van der Waals surface area contributed by atoms with Gasteiger partial charge in [0.25, 0.3) is 0 Å². The number of nitrogens with two attached hydrogens (primary N) is 1. The fourth-order valence-corrected chi connectivity index (χ4v) is 2.94. The van der Waals surface area contributed by atoms with Crippen LogP contribution in [0.25, 0.3) is 16.3 Å². The van der Waals surface area contributed by atoms with E-state index in [4.69, 9.17) is 5.73 Å². The molecule has 3 nitrogen and oxygen atoms in total. The zero-order valence-corrected chi connectivity index (χ0v) is 11.7. The number of nitrogens with zero attached hydrogens (tertiary/aromatic N) is 2. The molecule has 2 aromatic heterocycles. The summed E-state index contributed by atoms with van der Waals surface area (Å²) in [5, 5.41) is 6.64. The van der Waals surface area contributed by atoms with Crippen molar-refractivity contribution in [3.05, 3.63) is 53.0 Å². The third-order valence-electron chi connectivity index (χ3n) is 2.97. The third kappa shape index (κ3) is 2.27. The minimum atomic E-state index is 0.710. The minimum Gasteiger partial charge on any atom is -0.396 e. The quantitative estimate of drug-likeness (QED) is 0.769. The van der Waals surface area contributed by atoms with Gasteiger partial charge in [0.15, 0.2) is 0 Å². The molecule has 0 saturated heterocycles.